The highest BCUT2D eigenvalue weighted by molar-refractivity contribution is 6.35. The van der Waals surface area contributed by atoms with Crippen LogP contribution in [-0.2, 0) is 16.1 Å². The zero-order valence-electron chi connectivity index (χ0n) is 17.5. The van der Waals surface area contributed by atoms with Crippen molar-refractivity contribution >= 4 is 46.4 Å². The van der Waals surface area contributed by atoms with Crippen molar-refractivity contribution < 1.29 is 23.5 Å². The van der Waals surface area contributed by atoms with Gasteiger partial charge in [-0.3, -0.25) is 9.59 Å². The molecule has 1 aliphatic heterocycles. The molecule has 0 aliphatic carbocycles. The Morgan fingerprint density at radius 1 is 1.15 bits per heavy atom. The molecule has 0 aromatic heterocycles. The first kappa shape index (κ1) is 22.9. The SMILES string of the molecule is CC(Oc1ccc(Cl)cc1Cl)C(=O)Nc1ccc2c(c1)OCC(=O)N2Cc1ccc(F)cc1. The molecule has 0 fully saturated rings. The third-order valence-electron chi connectivity index (χ3n) is 4.99. The largest absolute Gasteiger partial charge is 0.481 e. The lowest BCUT2D eigenvalue weighted by molar-refractivity contribution is -0.122. The smallest absolute Gasteiger partial charge is 0.265 e. The highest BCUT2D eigenvalue weighted by atomic mass is 35.5. The number of nitrogens with zero attached hydrogens (tertiary/aromatic N) is 1. The molecule has 9 heteroatoms. The van der Waals surface area contributed by atoms with Crippen LogP contribution >= 0.6 is 23.2 Å². The molecule has 6 nitrogen and oxygen atoms in total. The minimum Gasteiger partial charge on any atom is -0.481 e. The van der Waals surface area contributed by atoms with Gasteiger partial charge < -0.3 is 19.7 Å². The van der Waals surface area contributed by atoms with Gasteiger partial charge in [0.2, 0.25) is 0 Å². The summed E-state index contributed by atoms with van der Waals surface area (Å²) >= 11 is 12.0. The quantitative estimate of drug-likeness (QED) is 0.499. The number of carbonyl (C=O) groups is 2. The van der Waals surface area contributed by atoms with Crippen LogP contribution in [0.15, 0.2) is 60.7 Å². The Morgan fingerprint density at radius 2 is 1.91 bits per heavy atom. The summed E-state index contributed by atoms with van der Waals surface area (Å²) in [4.78, 5) is 26.6. The van der Waals surface area contributed by atoms with E-state index in [9.17, 15) is 14.0 Å². The summed E-state index contributed by atoms with van der Waals surface area (Å²) in [6.45, 7) is 1.73. The standard InChI is InChI=1S/C24H19Cl2FN2O4/c1-14(33-21-9-4-16(25)10-19(21)26)24(31)28-18-7-8-20-22(11-18)32-13-23(30)29(20)12-15-2-5-17(27)6-3-15/h2-11,14H,12-13H2,1H3,(H,28,31). The molecule has 170 valence electrons. The monoisotopic (exact) mass is 488 g/mol. The minimum atomic E-state index is -0.836. The Hall–Kier alpha value is -3.29. The Bertz CT molecular complexity index is 1200. The molecule has 1 unspecified atom stereocenters. The van der Waals surface area contributed by atoms with Crippen LogP contribution in [-0.4, -0.2) is 24.5 Å². The number of hydrogen-bond donors (Lipinski definition) is 1. The second-order valence-corrected chi connectivity index (χ2v) is 8.25. The van der Waals surface area contributed by atoms with Crippen LogP contribution in [0.1, 0.15) is 12.5 Å². The summed E-state index contributed by atoms with van der Waals surface area (Å²) in [6.07, 6.45) is -0.836. The van der Waals surface area contributed by atoms with Crippen LogP contribution in [0.3, 0.4) is 0 Å². The molecule has 3 aromatic carbocycles. The Balaban J connectivity index is 1.46. The lowest BCUT2D eigenvalue weighted by Crippen LogP contribution is -2.38. The van der Waals surface area contributed by atoms with E-state index in [-0.39, 0.29) is 24.9 Å². The first-order valence-electron chi connectivity index (χ1n) is 10.0. The van der Waals surface area contributed by atoms with Crippen LogP contribution in [0.5, 0.6) is 11.5 Å². The van der Waals surface area contributed by atoms with Gasteiger partial charge in [0, 0.05) is 16.8 Å². The maximum atomic E-state index is 13.2. The third-order valence-corrected chi connectivity index (χ3v) is 5.52. The summed E-state index contributed by atoms with van der Waals surface area (Å²) in [7, 11) is 0. The van der Waals surface area contributed by atoms with Crippen molar-refractivity contribution in [2.24, 2.45) is 0 Å². The second kappa shape index (κ2) is 9.68. The first-order valence-corrected chi connectivity index (χ1v) is 10.8. The Morgan fingerprint density at radius 3 is 2.64 bits per heavy atom. The summed E-state index contributed by atoms with van der Waals surface area (Å²) in [6, 6.07) is 15.7. The minimum absolute atomic E-state index is 0.139. The zero-order valence-corrected chi connectivity index (χ0v) is 19.0. The van der Waals surface area contributed by atoms with Crippen molar-refractivity contribution in [3.05, 3.63) is 82.1 Å². The number of benzene rings is 3. The van der Waals surface area contributed by atoms with E-state index in [0.29, 0.717) is 32.9 Å². The van der Waals surface area contributed by atoms with Gasteiger partial charge in [-0.25, -0.2) is 4.39 Å². The van der Waals surface area contributed by atoms with Crippen molar-refractivity contribution in [1.82, 2.24) is 0 Å². The van der Waals surface area contributed by atoms with Crippen LogP contribution in [0.4, 0.5) is 15.8 Å². The van der Waals surface area contributed by atoms with E-state index in [1.807, 2.05) is 0 Å². The van der Waals surface area contributed by atoms with Gasteiger partial charge in [0.1, 0.15) is 17.3 Å². The van der Waals surface area contributed by atoms with E-state index >= 15 is 0 Å². The molecule has 0 radical (unpaired) electrons. The Kier molecular flexibility index (Phi) is 6.72. The van der Waals surface area contributed by atoms with Crippen molar-refractivity contribution in [2.75, 3.05) is 16.8 Å². The lowest BCUT2D eigenvalue weighted by atomic mass is 10.1. The third kappa shape index (κ3) is 5.38. The molecule has 0 bridgehead atoms. The average Bonchev–Trinajstić information content (AvgIpc) is 2.79. The van der Waals surface area contributed by atoms with Gasteiger partial charge in [-0.15, -0.1) is 0 Å². The number of amides is 2. The number of hydrogen-bond acceptors (Lipinski definition) is 4. The topological polar surface area (TPSA) is 67.9 Å². The van der Waals surface area contributed by atoms with Crippen LogP contribution < -0.4 is 19.7 Å². The molecule has 3 aromatic rings. The van der Waals surface area contributed by atoms with Crippen LogP contribution in [0.25, 0.3) is 0 Å². The predicted molar refractivity (Wildman–Crippen MR) is 125 cm³/mol. The number of ether oxygens (including phenoxy) is 2. The molecular formula is C24H19Cl2FN2O4. The van der Waals surface area contributed by atoms with E-state index in [0.717, 1.165) is 5.56 Å². The van der Waals surface area contributed by atoms with Crippen LogP contribution in [0, 0.1) is 5.82 Å². The average molecular weight is 489 g/mol. The normalized spacial score (nSPS) is 13.7. The molecule has 1 aliphatic rings. The number of carbonyl (C=O) groups excluding carboxylic acids is 2. The van der Waals surface area contributed by atoms with E-state index in [1.54, 1.807) is 54.3 Å². The van der Waals surface area contributed by atoms with Gasteiger partial charge in [-0.1, -0.05) is 35.3 Å². The summed E-state index contributed by atoms with van der Waals surface area (Å²) in [5.74, 6) is -0.165. The molecule has 33 heavy (non-hydrogen) atoms. The number of fused-ring (bicyclic) bond motifs is 1. The Labute approximate surface area is 199 Å². The molecule has 4 rings (SSSR count). The van der Waals surface area contributed by atoms with Gasteiger partial charge in [-0.05, 0) is 55.0 Å². The number of halogens is 3. The van der Waals surface area contributed by atoms with E-state index in [2.05, 4.69) is 5.32 Å². The number of rotatable bonds is 6. The van der Waals surface area contributed by atoms with E-state index < -0.39 is 12.0 Å². The van der Waals surface area contributed by atoms with E-state index in [1.165, 1.54) is 18.2 Å². The predicted octanol–water partition coefficient (Wildman–Crippen LogP) is 5.46. The molecule has 0 saturated carbocycles. The second-order valence-electron chi connectivity index (χ2n) is 7.40. The van der Waals surface area contributed by atoms with Crippen LogP contribution in [0.2, 0.25) is 10.0 Å². The highest BCUT2D eigenvalue weighted by Crippen LogP contribution is 2.35. The van der Waals surface area contributed by atoms with E-state index in [4.69, 9.17) is 32.7 Å². The van der Waals surface area contributed by atoms with Gasteiger partial charge >= 0.3 is 0 Å². The van der Waals surface area contributed by atoms with Gasteiger partial charge in [-0.2, -0.15) is 0 Å². The molecule has 0 spiro atoms. The highest BCUT2D eigenvalue weighted by Gasteiger charge is 2.26. The molecule has 1 atom stereocenters. The fraction of sp³-hybridized carbons (Fsp3) is 0.167. The van der Waals surface area contributed by atoms with Gasteiger partial charge in [0.15, 0.2) is 12.7 Å². The number of nitrogens with one attached hydrogen (secondary N) is 1. The zero-order chi connectivity index (χ0) is 23.5. The van der Waals surface area contributed by atoms with Crippen molar-refractivity contribution in [3.63, 3.8) is 0 Å². The summed E-state index contributed by atoms with van der Waals surface area (Å²) < 4.78 is 24.4. The molecule has 2 amide bonds. The maximum Gasteiger partial charge on any atom is 0.265 e. The number of anilines is 2. The molecule has 0 saturated heterocycles. The summed E-state index contributed by atoms with van der Waals surface area (Å²) in [5, 5.41) is 3.53. The maximum absolute atomic E-state index is 13.2. The van der Waals surface area contributed by atoms with Gasteiger partial charge in [0.05, 0.1) is 17.3 Å². The fourth-order valence-corrected chi connectivity index (χ4v) is 3.74. The first-order chi connectivity index (χ1) is 15.8. The van der Waals surface area contributed by atoms with Crippen molar-refractivity contribution in [1.29, 1.82) is 0 Å². The van der Waals surface area contributed by atoms with Gasteiger partial charge in [0.25, 0.3) is 11.8 Å². The lowest BCUT2D eigenvalue weighted by Gasteiger charge is -2.30. The molecule has 1 heterocycles. The summed E-state index contributed by atoms with van der Waals surface area (Å²) in [5.41, 5.74) is 1.82. The molecular weight excluding hydrogens is 470 g/mol. The molecule has 1 N–H and O–H groups in total. The van der Waals surface area contributed by atoms with Crippen molar-refractivity contribution in [3.8, 4) is 11.5 Å². The van der Waals surface area contributed by atoms with Crippen molar-refractivity contribution in [2.45, 2.75) is 19.6 Å². The fourth-order valence-electron chi connectivity index (χ4n) is 3.29.